The highest BCUT2D eigenvalue weighted by atomic mass is 16.6. The lowest BCUT2D eigenvalue weighted by molar-refractivity contribution is -0.141. The zero-order chi connectivity index (χ0) is 19.2. The maximum atomic E-state index is 13.0. The molecule has 3 rings (SSSR count). The highest BCUT2D eigenvalue weighted by Crippen LogP contribution is 2.24. The number of ether oxygens (including phenoxy) is 1. The molecule has 0 bridgehead atoms. The van der Waals surface area contributed by atoms with Crippen LogP contribution in [0, 0.1) is 0 Å². The third kappa shape index (κ3) is 4.34. The zero-order valence-corrected chi connectivity index (χ0v) is 15.4. The minimum absolute atomic E-state index is 0.132. The molecule has 140 valence electrons. The highest BCUT2D eigenvalue weighted by Gasteiger charge is 2.35. The molecule has 1 aliphatic rings. The molecule has 27 heavy (non-hydrogen) atoms. The minimum atomic E-state index is -0.351. The van der Waals surface area contributed by atoms with Gasteiger partial charge >= 0.3 is 5.97 Å². The van der Waals surface area contributed by atoms with Crippen LogP contribution < -0.4 is 0 Å². The van der Waals surface area contributed by atoms with Crippen LogP contribution in [0.4, 0.5) is 0 Å². The van der Waals surface area contributed by atoms with Crippen LogP contribution in [0.5, 0.6) is 0 Å². The Morgan fingerprint density at radius 1 is 1.04 bits per heavy atom. The Morgan fingerprint density at radius 2 is 1.70 bits per heavy atom. The number of carbonyl (C=O) groups excluding carboxylic acids is 2. The molecule has 1 fully saturated rings. The first-order valence-electron chi connectivity index (χ1n) is 8.74. The number of hydrogen-bond donors (Lipinski definition) is 0. The molecule has 0 aliphatic carbocycles. The molecule has 0 aromatic heterocycles. The lowest BCUT2D eigenvalue weighted by Crippen LogP contribution is -2.37. The molecule has 1 aliphatic heterocycles. The van der Waals surface area contributed by atoms with Gasteiger partial charge < -0.3 is 14.5 Å². The summed E-state index contributed by atoms with van der Waals surface area (Å²) < 4.78 is 4.76. The van der Waals surface area contributed by atoms with Gasteiger partial charge in [0.1, 0.15) is 7.11 Å². The van der Waals surface area contributed by atoms with Gasteiger partial charge in [-0.15, -0.1) is 0 Å². The van der Waals surface area contributed by atoms with Crippen LogP contribution in [0.3, 0.4) is 0 Å². The van der Waals surface area contributed by atoms with Crippen molar-refractivity contribution in [2.45, 2.75) is 18.9 Å². The van der Waals surface area contributed by atoms with Crippen molar-refractivity contribution in [3.63, 3.8) is 0 Å². The number of nitrogens with zero attached hydrogens (tertiary/aromatic N) is 2. The van der Waals surface area contributed by atoms with Crippen LogP contribution in [0.1, 0.15) is 23.2 Å². The van der Waals surface area contributed by atoms with Crippen LogP contribution >= 0.6 is 0 Å². The van der Waals surface area contributed by atoms with Crippen molar-refractivity contribution in [3.05, 3.63) is 60.2 Å². The van der Waals surface area contributed by atoms with Crippen LogP contribution in [0.25, 0.3) is 11.1 Å². The number of benzene rings is 2. The van der Waals surface area contributed by atoms with E-state index in [-0.39, 0.29) is 24.3 Å². The summed E-state index contributed by atoms with van der Waals surface area (Å²) in [6.45, 7) is 0.342. The van der Waals surface area contributed by atoms with Gasteiger partial charge in [-0.3, -0.25) is 9.59 Å². The average Bonchev–Trinajstić information content (AvgIpc) is 3.10. The normalized spacial score (nSPS) is 17.8. The Balaban J connectivity index is 1.80. The van der Waals surface area contributed by atoms with E-state index < -0.39 is 0 Å². The van der Waals surface area contributed by atoms with Crippen LogP contribution in [0.15, 0.2) is 59.8 Å². The molecule has 0 saturated carbocycles. The first kappa shape index (κ1) is 18.6. The first-order valence-corrected chi connectivity index (χ1v) is 8.74. The highest BCUT2D eigenvalue weighted by molar-refractivity contribution is 6.01. The Bertz CT molecular complexity index is 831. The van der Waals surface area contributed by atoms with Crippen molar-refractivity contribution in [3.8, 4) is 11.1 Å². The summed E-state index contributed by atoms with van der Waals surface area (Å²) in [6.07, 6.45) is 0.629. The summed E-state index contributed by atoms with van der Waals surface area (Å²) in [6, 6.07) is 17.2. The number of rotatable bonds is 5. The minimum Gasteiger partial charge on any atom is -0.469 e. The van der Waals surface area contributed by atoms with E-state index in [2.05, 4.69) is 5.16 Å². The van der Waals surface area contributed by atoms with Gasteiger partial charge in [0.25, 0.3) is 5.91 Å². The van der Waals surface area contributed by atoms with Crippen molar-refractivity contribution in [2.24, 2.45) is 5.16 Å². The molecule has 1 saturated heterocycles. The summed E-state index contributed by atoms with van der Waals surface area (Å²) in [5.74, 6) is -0.485. The molecule has 1 heterocycles. The average molecular weight is 366 g/mol. The Kier molecular flexibility index (Phi) is 5.86. The number of esters is 1. The van der Waals surface area contributed by atoms with Crippen molar-refractivity contribution < 1.29 is 19.2 Å². The molecule has 2 aromatic rings. The second-order valence-corrected chi connectivity index (χ2v) is 6.35. The third-order valence-electron chi connectivity index (χ3n) is 4.62. The van der Waals surface area contributed by atoms with E-state index in [0.29, 0.717) is 18.5 Å². The standard InChI is InChI=1S/C21H22N2O4/c1-26-20(24)13-19-12-18(22-27-2)14-23(19)21(25)17-10-8-16(9-11-17)15-6-4-3-5-7-15/h3-11,19H,12-14H2,1-2H3/b22-18+. The zero-order valence-electron chi connectivity index (χ0n) is 15.4. The lowest BCUT2D eigenvalue weighted by atomic mass is 10.0. The Morgan fingerprint density at radius 3 is 2.33 bits per heavy atom. The Labute approximate surface area is 158 Å². The van der Waals surface area contributed by atoms with Crippen LogP contribution in [-0.2, 0) is 14.4 Å². The van der Waals surface area contributed by atoms with E-state index in [4.69, 9.17) is 9.57 Å². The van der Waals surface area contributed by atoms with Crippen LogP contribution in [0.2, 0.25) is 0 Å². The fourth-order valence-corrected chi connectivity index (χ4v) is 3.27. The molecule has 0 radical (unpaired) electrons. The second-order valence-electron chi connectivity index (χ2n) is 6.35. The number of likely N-dealkylation sites (tertiary alicyclic amines) is 1. The smallest absolute Gasteiger partial charge is 0.307 e. The van der Waals surface area contributed by atoms with Gasteiger partial charge in [-0.1, -0.05) is 47.6 Å². The van der Waals surface area contributed by atoms with E-state index in [1.54, 1.807) is 4.90 Å². The van der Waals surface area contributed by atoms with Gasteiger partial charge in [-0.25, -0.2) is 0 Å². The monoisotopic (exact) mass is 366 g/mol. The van der Waals surface area contributed by atoms with Crippen molar-refractivity contribution in [1.29, 1.82) is 0 Å². The summed E-state index contributed by atoms with van der Waals surface area (Å²) in [5, 5.41) is 3.96. The topological polar surface area (TPSA) is 68.2 Å². The largest absolute Gasteiger partial charge is 0.469 e. The van der Waals surface area contributed by atoms with E-state index in [0.717, 1.165) is 16.8 Å². The molecule has 6 heteroatoms. The number of amides is 1. The molecule has 2 aromatic carbocycles. The van der Waals surface area contributed by atoms with E-state index in [1.807, 2.05) is 54.6 Å². The predicted molar refractivity (Wildman–Crippen MR) is 102 cm³/mol. The number of hydrogen-bond acceptors (Lipinski definition) is 5. The summed E-state index contributed by atoms with van der Waals surface area (Å²) in [4.78, 5) is 31.2. The summed E-state index contributed by atoms with van der Waals surface area (Å²) in [7, 11) is 2.81. The molecular weight excluding hydrogens is 344 g/mol. The number of oxime groups is 1. The van der Waals surface area contributed by atoms with Crippen molar-refractivity contribution in [1.82, 2.24) is 4.90 Å². The van der Waals surface area contributed by atoms with Gasteiger partial charge in [0, 0.05) is 18.0 Å². The maximum Gasteiger partial charge on any atom is 0.307 e. The molecule has 1 amide bonds. The first-order chi connectivity index (χ1) is 13.1. The molecule has 1 atom stereocenters. The van der Waals surface area contributed by atoms with Gasteiger partial charge in [0.2, 0.25) is 0 Å². The molecular formula is C21H22N2O4. The molecule has 1 unspecified atom stereocenters. The number of methoxy groups -OCH3 is 1. The van der Waals surface area contributed by atoms with Crippen molar-refractivity contribution >= 4 is 17.6 Å². The third-order valence-corrected chi connectivity index (χ3v) is 4.62. The van der Waals surface area contributed by atoms with Gasteiger partial charge in [-0.2, -0.15) is 0 Å². The van der Waals surface area contributed by atoms with Crippen LogP contribution in [-0.4, -0.2) is 49.3 Å². The quantitative estimate of drug-likeness (QED) is 0.602. The van der Waals surface area contributed by atoms with E-state index in [1.165, 1.54) is 14.2 Å². The Hall–Kier alpha value is -3.15. The van der Waals surface area contributed by atoms with E-state index >= 15 is 0 Å². The second kappa shape index (κ2) is 8.49. The maximum absolute atomic E-state index is 13.0. The SMILES string of the molecule is CO/N=C1\CC(CC(=O)OC)N(C(=O)c2ccc(-c3ccccc3)cc2)C1. The molecule has 6 nitrogen and oxygen atoms in total. The number of carbonyl (C=O) groups is 2. The van der Waals surface area contributed by atoms with Gasteiger partial charge in [0.15, 0.2) is 0 Å². The van der Waals surface area contributed by atoms with Crippen molar-refractivity contribution in [2.75, 3.05) is 20.8 Å². The molecule has 0 spiro atoms. The fourth-order valence-electron chi connectivity index (χ4n) is 3.27. The van der Waals surface area contributed by atoms with Gasteiger partial charge in [-0.05, 0) is 23.3 Å². The van der Waals surface area contributed by atoms with E-state index in [9.17, 15) is 9.59 Å². The lowest BCUT2D eigenvalue weighted by Gasteiger charge is -2.23. The fraction of sp³-hybridized carbons (Fsp3) is 0.286. The summed E-state index contributed by atoms with van der Waals surface area (Å²) >= 11 is 0. The molecule has 0 N–H and O–H groups in total. The predicted octanol–water partition coefficient (Wildman–Crippen LogP) is 3.13. The summed E-state index contributed by atoms with van der Waals surface area (Å²) in [5.41, 5.74) is 3.45. The van der Waals surface area contributed by atoms with Gasteiger partial charge in [0.05, 0.1) is 25.8 Å².